The zero-order valence-electron chi connectivity index (χ0n) is 14.4. The Bertz CT molecular complexity index is 1140. The molecule has 0 aliphatic heterocycles. The highest BCUT2D eigenvalue weighted by Gasteiger charge is 2.13. The number of carbonyl (C=O) groups is 1. The highest BCUT2D eigenvalue weighted by Crippen LogP contribution is 2.34. The fourth-order valence-corrected chi connectivity index (χ4v) is 3.39. The van der Waals surface area contributed by atoms with Gasteiger partial charge in [0.05, 0.1) is 19.0 Å². The molecule has 0 aliphatic carbocycles. The van der Waals surface area contributed by atoms with Crippen LogP contribution in [0, 0.1) is 0 Å². The summed E-state index contributed by atoms with van der Waals surface area (Å²) in [5, 5.41) is 2.10. The van der Waals surface area contributed by atoms with E-state index in [0.29, 0.717) is 5.69 Å². The second-order valence-corrected chi connectivity index (χ2v) is 6.36. The molecular weight excluding hydrogens is 326 g/mol. The van der Waals surface area contributed by atoms with Gasteiger partial charge in [0.25, 0.3) is 0 Å². The molecule has 3 aromatic carbocycles. The lowest BCUT2D eigenvalue weighted by atomic mass is 9.97. The average molecular weight is 345 g/mol. The molecule has 0 fully saturated rings. The zero-order chi connectivity index (χ0) is 18.3. The number of anilines is 1. The monoisotopic (exact) mass is 345 g/mol. The summed E-state index contributed by atoms with van der Waals surface area (Å²) in [6.07, 6.45) is 0.163. The number of hydrogen-bond acceptors (Lipinski definition) is 3. The van der Waals surface area contributed by atoms with Crippen molar-refractivity contribution in [2.75, 3.05) is 12.8 Å². The van der Waals surface area contributed by atoms with E-state index in [2.05, 4.69) is 11.1 Å². The second kappa shape index (κ2) is 6.11. The summed E-state index contributed by atoms with van der Waals surface area (Å²) in [5.41, 5.74) is 16.8. The first kappa shape index (κ1) is 16.0. The molecular formula is C21H19N3O2. The van der Waals surface area contributed by atoms with Crippen molar-refractivity contribution in [2.45, 2.75) is 6.42 Å². The maximum Gasteiger partial charge on any atom is 0.221 e. The molecule has 0 saturated heterocycles. The van der Waals surface area contributed by atoms with E-state index >= 15 is 0 Å². The smallest absolute Gasteiger partial charge is 0.221 e. The van der Waals surface area contributed by atoms with Crippen molar-refractivity contribution in [3.05, 3.63) is 60.2 Å². The largest absolute Gasteiger partial charge is 0.497 e. The molecule has 4 rings (SSSR count). The van der Waals surface area contributed by atoms with Crippen LogP contribution in [0.2, 0.25) is 0 Å². The van der Waals surface area contributed by atoms with E-state index in [4.69, 9.17) is 16.2 Å². The van der Waals surface area contributed by atoms with Gasteiger partial charge in [0.2, 0.25) is 5.91 Å². The zero-order valence-corrected chi connectivity index (χ0v) is 14.4. The number of rotatable bonds is 4. The average Bonchev–Trinajstić information content (AvgIpc) is 2.99. The van der Waals surface area contributed by atoms with E-state index in [9.17, 15) is 4.79 Å². The van der Waals surface area contributed by atoms with Crippen LogP contribution in [0.25, 0.3) is 32.9 Å². The molecule has 5 heteroatoms. The fourth-order valence-electron chi connectivity index (χ4n) is 3.39. The molecule has 0 spiro atoms. The third kappa shape index (κ3) is 2.73. The Morgan fingerprint density at radius 2 is 1.88 bits per heavy atom. The van der Waals surface area contributed by atoms with E-state index in [1.165, 1.54) is 0 Å². The molecule has 0 aliphatic rings. The minimum atomic E-state index is -0.368. The maximum atomic E-state index is 11.6. The Kier molecular flexibility index (Phi) is 3.77. The Hall–Kier alpha value is -3.47. The number of H-pyrrole nitrogens is 1. The van der Waals surface area contributed by atoms with Gasteiger partial charge in [-0.15, -0.1) is 0 Å². The van der Waals surface area contributed by atoms with Crippen molar-refractivity contribution in [2.24, 2.45) is 5.73 Å². The molecule has 0 saturated carbocycles. The van der Waals surface area contributed by atoms with Crippen LogP contribution in [0.15, 0.2) is 54.6 Å². The fraction of sp³-hybridized carbons (Fsp3) is 0.0952. The molecule has 5 N–H and O–H groups in total. The number of nitrogen functional groups attached to an aromatic ring is 1. The van der Waals surface area contributed by atoms with Crippen molar-refractivity contribution in [1.82, 2.24) is 4.98 Å². The Morgan fingerprint density at radius 1 is 1.04 bits per heavy atom. The highest BCUT2D eigenvalue weighted by atomic mass is 16.5. The lowest BCUT2D eigenvalue weighted by Gasteiger charge is -2.09. The third-order valence-corrected chi connectivity index (χ3v) is 4.58. The van der Waals surface area contributed by atoms with Crippen molar-refractivity contribution < 1.29 is 9.53 Å². The number of fused-ring (bicyclic) bond motifs is 3. The normalized spacial score (nSPS) is 11.1. The SMILES string of the molecule is COc1cccc(-c2cc(CC(N)=O)c3[nH]c4cc(N)ccc4c3c2)c1. The molecule has 0 bridgehead atoms. The molecule has 0 unspecified atom stereocenters. The number of carbonyl (C=O) groups excluding carboxylic acids is 1. The topological polar surface area (TPSA) is 94.1 Å². The van der Waals surface area contributed by atoms with Crippen molar-refractivity contribution in [3.8, 4) is 16.9 Å². The van der Waals surface area contributed by atoms with Crippen LogP contribution in [-0.4, -0.2) is 18.0 Å². The summed E-state index contributed by atoms with van der Waals surface area (Å²) < 4.78 is 5.33. The van der Waals surface area contributed by atoms with E-state index in [-0.39, 0.29) is 12.3 Å². The first-order chi connectivity index (χ1) is 12.5. The standard InChI is InChI=1S/C21H19N3O2/c1-26-16-4-2-3-12(8-16)13-7-14(10-20(23)25)21-18(9-13)17-6-5-15(22)11-19(17)24-21/h2-9,11,24H,10,22H2,1H3,(H2,23,25). The van der Waals surface area contributed by atoms with Crippen LogP contribution in [0.1, 0.15) is 5.56 Å². The molecule has 1 amide bonds. The van der Waals surface area contributed by atoms with Gasteiger partial charge in [-0.1, -0.05) is 18.2 Å². The summed E-state index contributed by atoms with van der Waals surface area (Å²) >= 11 is 0. The van der Waals surface area contributed by atoms with Gasteiger partial charge in [-0.3, -0.25) is 4.79 Å². The van der Waals surface area contributed by atoms with Gasteiger partial charge in [-0.25, -0.2) is 0 Å². The summed E-state index contributed by atoms with van der Waals surface area (Å²) in [7, 11) is 1.64. The lowest BCUT2D eigenvalue weighted by molar-refractivity contribution is -0.117. The maximum absolute atomic E-state index is 11.6. The van der Waals surface area contributed by atoms with Crippen LogP contribution in [-0.2, 0) is 11.2 Å². The number of hydrogen-bond donors (Lipinski definition) is 3. The molecule has 1 aromatic heterocycles. The number of methoxy groups -OCH3 is 1. The number of aromatic amines is 1. The quantitative estimate of drug-likeness (QED) is 0.493. The third-order valence-electron chi connectivity index (χ3n) is 4.58. The highest BCUT2D eigenvalue weighted by molar-refractivity contribution is 6.10. The summed E-state index contributed by atoms with van der Waals surface area (Å²) in [4.78, 5) is 15.0. The Balaban J connectivity index is 2.01. The molecule has 26 heavy (non-hydrogen) atoms. The number of aromatic nitrogens is 1. The number of nitrogens with one attached hydrogen (secondary N) is 1. The minimum absolute atomic E-state index is 0.163. The minimum Gasteiger partial charge on any atom is -0.497 e. The summed E-state index contributed by atoms with van der Waals surface area (Å²) in [6.45, 7) is 0. The van der Waals surface area contributed by atoms with Gasteiger partial charge in [0, 0.05) is 22.0 Å². The predicted octanol–water partition coefficient (Wildman–Crippen LogP) is 3.61. The first-order valence-electron chi connectivity index (χ1n) is 8.32. The summed E-state index contributed by atoms with van der Waals surface area (Å²) in [6, 6.07) is 17.7. The van der Waals surface area contributed by atoms with Gasteiger partial charge in [0.1, 0.15) is 5.75 Å². The van der Waals surface area contributed by atoms with Gasteiger partial charge >= 0.3 is 0 Å². The van der Waals surface area contributed by atoms with Crippen LogP contribution in [0.4, 0.5) is 5.69 Å². The summed E-state index contributed by atoms with van der Waals surface area (Å²) in [5.74, 6) is 0.415. The number of nitrogens with two attached hydrogens (primary N) is 2. The Labute approximate surface area is 150 Å². The van der Waals surface area contributed by atoms with E-state index in [1.54, 1.807) is 7.11 Å². The number of amides is 1. The number of benzene rings is 3. The van der Waals surface area contributed by atoms with Gasteiger partial charge in [-0.2, -0.15) is 0 Å². The van der Waals surface area contributed by atoms with Gasteiger partial charge in [0.15, 0.2) is 0 Å². The molecule has 130 valence electrons. The Morgan fingerprint density at radius 3 is 2.65 bits per heavy atom. The number of ether oxygens (including phenoxy) is 1. The van der Waals surface area contributed by atoms with Gasteiger partial charge in [-0.05, 0) is 53.1 Å². The molecule has 0 radical (unpaired) electrons. The molecule has 1 heterocycles. The molecule has 4 aromatic rings. The van der Waals surface area contributed by atoms with E-state index < -0.39 is 0 Å². The first-order valence-corrected chi connectivity index (χ1v) is 8.32. The van der Waals surface area contributed by atoms with E-state index in [1.807, 2.05) is 48.5 Å². The van der Waals surface area contributed by atoms with Crippen LogP contribution in [0.3, 0.4) is 0 Å². The van der Waals surface area contributed by atoms with Crippen molar-refractivity contribution in [1.29, 1.82) is 0 Å². The van der Waals surface area contributed by atoms with Gasteiger partial charge < -0.3 is 21.2 Å². The second-order valence-electron chi connectivity index (χ2n) is 6.36. The van der Waals surface area contributed by atoms with Crippen molar-refractivity contribution in [3.63, 3.8) is 0 Å². The molecule has 5 nitrogen and oxygen atoms in total. The van der Waals surface area contributed by atoms with Crippen molar-refractivity contribution >= 4 is 33.4 Å². The number of primary amides is 1. The van der Waals surface area contributed by atoms with Crippen LogP contribution in [0.5, 0.6) is 5.75 Å². The lowest BCUT2D eigenvalue weighted by Crippen LogP contribution is -2.14. The van der Waals surface area contributed by atoms with Crippen LogP contribution < -0.4 is 16.2 Å². The van der Waals surface area contributed by atoms with E-state index in [0.717, 1.165) is 44.2 Å². The molecule has 0 atom stereocenters. The van der Waals surface area contributed by atoms with Crippen LogP contribution >= 0.6 is 0 Å². The predicted molar refractivity (Wildman–Crippen MR) is 105 cm³/mol.